The number of hydrogen-bond donors (Lipinski definition) is 2. The normalized spacial score (nSPS) is 11.4. The number of thiazole rings is 1. The lowest BCUT2D eigenvalue weighted by atomic mass is 10.3. The minimum Gasteiger partial charge on any atom is -0.388 e. The minimum atomic E-state index is -3.61. The van der Waals surface area contributed by atoms with Crippen molar-refractivity contribution in [1.29, 1.82) is 0 Å². The summed E-state index contributed by atoms with van der Waals surface area (Å²) in [4.78, 5) is 8.07. The molecule has 2 rings (SSSR count). The fourth-order valence-corrected chi connectivity index (χ4v) is 2.88. The Morgan fingerprint density at radius 2 is 2.21 bits per heavy atom. The van der Waals surface area contributed by atoms with Crippen molar-refractivity contribution >= 4 is 38.6 Å². The highest BCUT2D eigenvalue weighted by Crippen LogP contribution is 2.09. The maximum Gasteiger partial charge on any atom is 0.242 e. The number of hydrogen-bond acceptors (Lipinski definition) is 6. The van der Waals surface area contributed by atoms with E-state index in [1.165, 1.54) is 29.7 Å². The molecule has 0 saturated heterocycles. The Morgan fingerprint density at radius 3 is 2.74 bits per heavy atom. The number of nitrogens with zero attached hydrogens (tertiary/aromatic N) is 2. The van der Waals surface area contributed by atoms with Gasteiger partial charge >= 0.3 is 0 Å². The third-order valence-electron chi connectivity index (χ3n) is 2.23. The van der Waals surface area contributed by atoms with Crippen LogP contribution in [0.3, 0.4) is 0 Å². The first-order valence-corrected chi connectivity index (χ1v) is 7.95. The van der Waals surface area contributed by atoms with Crippen LogP contribution in [0.15, 0.2) is 34.1 Å². The second-order valence-electron chi connectivity index (χ2n) is 3.55. The van der Waals surface area contributed by atoms with E-state index in [9.17, 15) is 8.42 Å². The topological polar surface area (TPSA) is 98.0 Å². The SMILES string of the molecule is NC(=S)c1ccc(S(=O)(=O)NCc2cscn2)cn1. The summed E-state index contributed by atoms with van der Waals surface area (Å²) in [5, 5.41) is 1.77. The van der Waals surface area contributed by atoms with Gasteiger partial charge in [0.25, 0.3) is 0 Å². The maximum atomic E-state index is 12.0. The number of nitrogens with two attached hydrogens (primary N) is 1. The van der Waals surface area contributed by atoms with Crippen LogP contribution >= 0.6 is 23.6 Å². The Bertz CT molecular complexity index is 665. The zero-order valence-corrected chi connectivity index (χ0v) is 12.1. The third kappa shape index (κ3) is 3.53. The molecule has 0 amide bonds. The van der Waals surface area contributed by atoms with Crippen LogP contribution in [0.1, 0.15) is 11.4 Å². The number of pyridine rings is 1. The summed E-state index contributed by atoms with van der Waals surface area (Å²) >= 11 is 6.15. The fourth-order valence-electron chi connectivity index (χ4n) is 1.26. The summed E-state index contributed by atoms with van der Waals surface area (Å²) in [6.07, 6.45) is 1.22. The number of rotatable bonds is 5. The van der Waals surface area contributed by atoms with Crippen molar-refractivity contribution in [3.05, 3.63) is 40.6 Å². The van der Waals surface area contributed by atoms with Crippen LogP contribution in [0.2, 0.25) is 0 Å². The van der Waals surface area contributed by atoms with Crippen LogP contribution in [0, 0.1) is 0 Å². The number of sulfonamides is 1. The Balaban J connectivity index is 2.13. The van der Waals surface area contributed by atoms with Crippen molar-refractivity contribution in [2.45, 2.75) is 11.4 Å². The van der Waals surface area contributed by atoms with Crippen molar-refractivity contribution in [2.24, 2.45) is 5.73 Å². The van der Waals surface area contributed by atoms with Gasteiger partial charge in [-0.05, 0) is 12.1 Å². The summed E-state index contributed by atoms with van der Waals surface area (Å²) in [6, 6.07) is 2.88. The number of aromatic nitrogens is 2. The van der Waals surface area contributed by atoms with Crippen LogP contribution in [0.25, 0.3) is 0 Å². The van der Waals surface area contributed by atoms with Crippen molar-refractivity contribution in [3.63, 3.8) is 0 Å². The molecule has 0 radical (unpaired) electrons. The first kappa shape index (κ1) is 14.0. The van der Waals surface area contributed by atoms with Gasteiger partial charge in [0.1, 0.15) is 9.88 Å². The van der Waals surface area contributed by atoms with Crippen LogP contribution in [0.5, 0.6) is 0 Å². The van der Waals surface area contributed by atoms with Crippen LogP contribution < -0.4 is 10.5 Å². The monoisotopic (exact) mass is 314 g/mol. The molecule has 9 heteroatoms. The van der Waals surface area contributed by atoms with Gasteiger partial charge in [0, 0.05) is 11.6 Å². The van der Waals surface area contributed by atoms with Gasteiger partial charge in [-0.2, -0.15) is 0 Å². The zero-order chi connectivity index (χ0) is 13.9. The summed E-state index contributed by atoms with van der Waals surface area (Å²) < 4.78 is 26.4. The Hall–Kier alpha value is -1.42. The van der Waals surface area contributed by atoms with E-state index in [1.54, 1.807) is 10.9 Å². The average Bonchev–Trinajstić information content (AvgIpc) is 2.90. The van der Waals surface area contributed by atoms with E-state index in [0.29, 0.717) is 11.4 Å². The molecule has 0 saturated carbocycles. The van der Waals surface area contributed by atoms with E-state index in [1.807, 2.05) is 0 Å². The van der Waals surface area contributed by atoms with Gasteiger partial charge in [0.15, 0.2) is 0 Å². The first-order valence-electron chi connectivity index (χ1n) is 5.11. The van der Waals surface area contributed by atoms with Gasteiger partial charge in [-0.3, -0.25) is 4.98 Å². The highest BCUT2D eigenvalue weighted by molar-refractivity contribution is 7.89. The van der Waals surface area contributed by atoms with Crippen LogP contribution in [-0.4, -0.2) is 23.4 Å². The Kier molecular flexibility index (Phi) is 4.20. The molecule has 0 atom stereocenters. The minimum absolute atomic E-state index is 0.0581. The predicted molar refractivity (Wildman–Crippen MR) is 76.3 cm³/mol. The molecule has 2 aromatic rings. The van der Waals surface area contributed by atoms with Gasteiger partial charge in [0.2, 0.25) is 10.0 Å². The molecule has 3 N–H and O–H groups in total. The Labute approximate surface area is 119 Å². The molecule has 19 heavy (non-hydrogen) atoms. The largest absolute Gasteiger partial charge is 0.388 e. The highest BCUT2D eigenvalue weighted by Gasteiger charge is 2.14. The molecule has 0 aromatic carbocycles. The third-order valence-corrected chi connectivity index (χ3v) is 4.46. The second kappa shape index (κ2) is 5.70. The molecule has 100 valence electrons. The van der Waals surface area contributed by atoms with E-state index in [4.69, 9.17) is 18.0 Å². The zero-order valence-electron chi connectivity index (χ0n) is 9.61. The van der Waals surface area contributed by atoms with Gasteiger partial charge in [-0.1, -0.05) is 12.2 Å². The molecule has 0 aliphatic heterocycles. The molecule has 0 spiro atoms. The van der Waals surface area contributed by atoms with Crippen LogP contribution in [0.4, 0.5) is 0 Å². The molecule has 0 aliphatic rings. The van der Waals surface area contributed by atoms with Crippen LogP contribution in [-0.2, 0) is 16.6 Å². The van der Waals surface area contributed by atoms with Crippen molar-refractivity contribution in [2.75, 3.05) is 0 Å². The number of thiocarbonyl (C=S) groups is 1. The van der Waals surface area contributed by atoms with Crippen molar-refractivity contribution < 1.29 is 8.42 Å². The van der Waals surface area contributed by atoms with Crippen molar-refractivity contribution in [1.82, 2.24) is 14.7 Å². The molecular weight excluding hydrogens is 304 g/mol. The first-order chi connectivity index (χ1) is 8.99. The lowest BCUT2D eigenvalue weighted by Gasteiger charge is -2.05. The second-order valence-corrected chi connectivity index (χ2v) is 6.47. The summed E-state index contributed by atoms with van der Waals surface area (Å²) in [5.41, 5.74) is 8.08. The molecule has 6 nitrogen and oxygen atoms in total. The van der Waals surface area contributed by atoms with Gasteiger partial charge < -0.3 is 5.73 Å². The van der Waals surface area contributed by atoms with Gasteiger partial charge in [-0.15, -0.1) is 11.3 Å². The fraction of sp³-hybridized carbons (Fsp3) is 0.100. The standard InChI is InChI=1S/C10H10N4O2S3/c11-10(17)9-2-1-8(4-12-9)19(15,16)14-3-7-5-18-6-13-7/h1-2,4-6,14H,3H2,(H2,11,17). The van der Waals surface area contributed by atoms with E-state index < -0.39 is 10.0 Å². The predicted octanol–water partition coefficient (Wildman–Crippen LogP) is 0.651. The lowest BCUT2D eigenvalue weighted by Crippen LogP contribution is -2.24. The maximum absolute atomic E-state index is 12.0. The van der Waals surface area contributed by atoms with E-state index >= 15 is 0 Å². The molecule has 0 fully saturated rings. The van der Waals surface area contributed by atoms with Crippen molar-refractivity contribution in [3.8, 4) is 0 Å². The molecule has 2 heterocycles. The van der Waals surface area contributed by atoms with Gasteiger partial charge in [-0.25, -0.2) is 18.1 Å². The summed E-state index contributed by atoms with van der Waals surface area (Å²) in [6.45, 7) is 0.142. The Morgan fingerprint density at radius 1 is 1.42 bits per heavy atom. The molecule has 0 aliphatic carbocycles. The average molecular weight is 314 g/mol. The van der Waals surface area contributed by atoms with E-state index in [0.717, 1.165) is 0 Å². The van der Waals surface area contributed by atoms with Gasteiger partial charge in [0.05, 0.1) is 23.4 Å². The van der Waals surface area contributed by atoms with E-state index in [2.05, 4.69) is 14.7 Å². The summed E-state index contributed by atoms with van der Waals surface area (Å²) in [7, 11) is -3.61. The summed E-state index contributed by atoms with van der Waals surface area (Å²) in [5.74, 6) is 0. The molecule has 0 unspecified atom stereocenters. The molecule has 0 bridgehead atoms. The quantitative estimate of drug-likeness (QED) is 0.786. The molecule has 2 aromatic heterocycles. The lowest BCUT2D eigenvalue weighted by molar-refractivity contribution is 0.580. The number of nitrogens with one attached hydrogen (secondary N) is 1. The molecular formula is C10H10N4O2S3. The highest BCUT2D eigenvalue weighted by atomic mass is 32.2. The van der Waals surface area contributed by atoms with E-state index in [-0.39, 0.29) is 16.4 Å². The smallest absolute Gasteiger partial charge is 0.242 e.